The van der Waals surface area contributed by atoms with Crippen LogP contribution in [-0.2, 0) is 23.8 Å². The average molecular weight is 468 g/mol. The summed E-state index contributed by atoms with van der Waals surface area (Å²) in [7, 11) is 3.23. The summed E-state index contributed by atoms with van der Waals surface area (Å²) in [6.45, 7) is 2.01. The number of fused-ring (bicyclic) bond motifs is 2. The number of carbonyl (C=O) groups is 2. The van der Waals surface area contributed by atoms with Crippen LogP contribution in [0.2, 0.25) is 0 Å². The number of ether oxygens (including phenoxy) is 3. The van der Waals surface area contributed by atoms with Crippen LogP contribution in [0, 0.1) is 23.7 Å². The van der Waals surface area contributed by atoms with Crippen LogP contribution < -0.4 is 5.32 Å². The van der Waals surface area contributed by atoms with Crippen molar-refractivity contribution in [3.8, 4) is 0 Å². The SMILES string of the molecule is COC1CC(OC)C2C(=O)[C@@]3(OC2C1Cl)C(=O)C1CCC(C2CCCCC2)NC1C[C@H]3C. The Labute approximate surface area is 196 Å². The van der Waals surface area contributed by atoms with E-state index >= 15 is 0 Å². The summed E-state index contributed by atoms with van der Waals surface area (Å²) < 4.78 is 17.7. The van der Waals surface area contributed by atoms with E-state index in [1.807, 2.05) is 6.92 Å². The van der Waals surface area contributed by atoms with Crippen LogP contribution in [0.15, 0.2) is 0 Å². The molecular formula is C25H38ClNO5. The fourth-order valence-corrected chi connectivity index (χ4v) is 8.08. The number of piperidine rings is 1. The fraction of sp³-hybridized carbons (Fsp3) is 0.920. The van der Waals surface area contributed by atoms with Crippen LogP contribution in [-0.4, -0.2) is 67.2 Å². The highest BCUT2D eigenvalue weighted by atomic mass is 35.5. The molecule has 0 amide bonds. The highest BCUT2D eigenvalue weighted by Gasteiger charge is 2.69. The number of hydrogen-bond donors (Lipinski definition) is 1. The van der Waals surface area contributed by atoms with E-state index in [-0.39, 0.29) is 41.7 Å². The summed E-state index contributed by atoms with van der Waals surface area (Å²) in [5, 5.41) is 3.38. The first kappa shape index (κ1) is 23.2. The van der Waals surface area contributed by atoms with Crippen molar-refractivity contribution in [3.63, 3.8) is 0 Å². The van der Waals surface area contributed by atoms with Crippen molar-refractivity contribution in [1.82, 2.24) is 5.32 Å². The topological polar surface area (TPSA) is 73.9 Å². The molecule has 0 aromatic heterocycles. The Morgan fingerprint density at radius 3 is 2.34 bits per heavy atom. The van der Waals surface area contributed by atoms with Gasteiger partial charge < -0.3 is 19.5 Å². The molecule has 2 saturated heterocycles. The molecule has 0 bridgehead atoms. The molecule has 10 atom stereocenters. The maximum atomic E-state index is 14.0. The fourth-order valence-electron chi connectivity index (χ4n) is 7.67. The smallest absolute Gasteiger partial charge is 0.188 e. The van der Waals surface area contributed by atoms with Crippen LogP contribution in [0.25, 0.3) is 0 Å². The monoisotopic (exact) mass is 467 g/mol. The third-order valence-corrected chi connectivity index (χ3v) is 9.94. The van der Waals surface area contributed by atoms with E-state index in [2.05, 4.69) is 5.32 Å². The molecule has 3 saturated carbocycles. The van der Waals surface area contributed by atoms with E-state index in [9.17, 15) is 9.59 Å². The summed E-state index contributed by atoms with van der Waals surface area (Å²) in [4.78, 5) is 27.9. The third-order valence-electron chi connectivity index (χ3n) is 9.41. The molecule has 6 nitrogen and oxygen atoms in total. The molecule has 8 unspecified atom stereocenters. The summed E-state index contributed by atoms with van der Waals surface area (Å²) in [5.74, 6) is -0.271. The molecule has 3 aliphatic carbocycles. The number of carbonyl (C=O) groups excluding carboxylic acids is 2. The van der Waals surface area contributed by atoms with Gasteiger partial charge in [0.1, 0.15) is 0 Å². The minimum atomic E-state index is -1.39. The number of methoxy groups -OCH3 is 2. The molecule has 0 radical (unpaired) electrons. The summed E-state index contributed by atoms with van der Waals surface area (Å²) in [6.07, 6.45) is 8.59. The number of halogens is 1. The van der Waals surface area contributed by atoms with Crippen molar-refractivity contribution in [3.05, 3.63) is 0 Å². The number of hydrogen-bond acceptors (Lipinski definition) is 6. The van der Waals surface area contributed by atoms with Crippen molar-refractivity contribution in [2.24, 2.45) is 23.7 Å². The Morgan fingerprint density at radius 1 is 0.938 bits per heavy atom. The van der Waals surface area contributed by atoms with Crippen LogP contribution in [0.3, 0.4) is 0 Å². The third kappa shape index (κ3) is 3.43. The van der Waals surface area contributed by atoms with Gasteiger partial charge in [-0.2, -0.15) is 0 Å². The highest BCUT2D eigenvalue weighted by Crippen LogP contribution is 2.52. The lowest BCUT2D eigenvalue weighted by Crippen LogP contribution is -2.65. The minimum Gasteiger partial charge on any atom is -0.380 e. The van der Waals surface area contributed by atoms with E-state index in [1.165, 1.54) is 32.1 Å². The first-order valence-electron chi connectivity index (χ1n) is 12.6. The largest absolute Gasteiger partial charge is 0.380 e. The van der Waals surface area contributed by atoms with Gasteiger partial charge >= 0.3 is 0 Å². The van der Waals surface area contributed by atoms with Crippen LogP contribution in [0.1, 0.15) is 64.7 Å². The predicted octanol–water partition coefficient (Wildman–Crippen LogP) is 3.28. The summed E-state index contributed by atoms with van der Waals surface area (Å²) in [5.41, 5.74) is -1.39. The maximum Gasteiger partial charge on any atom is 0.188 e. The standard InChI is InChI=1S/C25H38ClNO5/c1-13-11-17-15(9-10-16(27-17)14-7-5-4-6-8-14)23(28)25(13)24(29)20-18(30-2)12-19(31-3)21(26)22(20)32-25/h13-22,27H,4-12H2,1-3H3/t13-,15?,16?,17?,18?,19?,20?,21?,22?,25+/m1/s1. The quantitative estimate of drug-likeness (QED) is 0.507. The number of alkyl halides is 1. The molecule has 7 heteroatoms. The Kier molecular flexibility index (Phi) is 6.47. The van der Waals surface area contributed by atoms with E-state index < -0.39 is 23.0 Å². The number of ketones is 2. The first-order chi connectivity index (χ1) is 15.4. The normalized spacial score (nSPS) is 49.8. The second kappa shape index (κ2) is 8.92. The van der Waals surface area contributed by atoms with Crippen LogP contribution in [0.4, 0.5) is 0 Å². The van der Waals surface area contributed by atoms with Crippen molar-refractivity contribution >= 4 is 23.2 Å². The van der Waals surface area contributed by atoms with Gasteiger partial charge in [0.05, 0.1) is 29.6 Å². The predicted molar refractivity (Wildman–Crippen MR) is 121 cm³/mol. The van der Waals surface area contributed by atoms with Crippen LogP contribution >= 0.6 is 11.6 Å². The van der Waals surface area contributed by atoms with Gasteiger partial charge in [0.15, 0.2) is 17.2 Å². The second-order valence-electron chi connectivity index (χ2n) is 10.9. The molecular weight excluding hydrogens is 430 g/mol. The van der Waals surface area contributed by atoms with E-state index in [4.69, 9.17) is 25.8 Å². The van der Waals surface area contributed by atoms with E-state index in [0.717, 1.165) is 25.2 Å². The summed E-state index contributed by atoms with van der Waals surface area (Å²) in [6, 6.07) is 0.639. The van der Waals surface area contributed by atoms with Crippen molar-refractivity contribution < 1.29 is 23.8 Å². The second-order valence-corrected chi connectivity index (χ2v) is 11.4. The van der Waals surface area contributed by atoms with Gasteiger partial charge in [-0.15, -0.1) is 11.6 Å². The van der Waals surface area contributed by atoms with Crippen LogP contribution in [0.5, 0.6) is 0 Å². The van der Waals surface area contributed by atoms with E-state index in [1.54, 1.807) is 14.2 Å². The lowest BCUT2D eigenvalue weighted by molar-refractivity contribution is -0.172. The van der Waals surface area contributed by atoms with Gasteiger partial charge in [-0.25, -0.2) is 0 Å². The molecule has 1 spiro atoms. The highest BCUT2D eigenvalue weighted by molar-refractivity contribution is 6.23. The Hall–Kier alpha value is -0.530. The zero-order valence-corrected chi connectivity index (χ0v) is 20.3. The molecule has 2 aliphatic heterocycles. The first-order valence-corrected chi connectivity index (χ1v) is 13.1. The number of Topliss-reactive ketones (excluding diaryl/α,β-unsaturated/α-hetero) is 2. The number of nitrogens with one attached hydrogen (secondary N) is 1. The lowest BCUT2D eigenvalue weighted by atomic mass is 9.61. The van der Waals surface area contributed by atoms with Crippen molar-refractivity contribution in [1.29, 1.82) is 0 Å². The Morgan fingerprint density at radius 2 is 1.66 bits per heavy atom. The molecule has 1 N–H and O–H groups in total. The van der Waals surface area contributed by atoms with Gasteiger partial charge in [-0.05, 0) is 38.0 Å². The molecule has 32 heavy (non-hydrogen) atoms. The minimum absolute atomic E-state index is 0.0251. The van der Waals surface area contributed by atoms with Gasteiger partial charge in [0.2, 0.25) is 0 Å². The molecule has 180 valence electrons. The van der Waals surface area contributed by atoms with Crippen molar-refractivity contribution in [2.45, 2.75) is 106 Å². The van der Waals surface area contributed by atoms with E-state index in [0.29, 0.717) is 12.5 Å². The Bertz CT molecular complexity index is 742. The number of rotatable bonds is 3. The van der Waals surface area contributed by atoms with Crippen molar-refractivity contribution in [2.75, 3.05) is 14.2 Å². The molecule has 2 heterocycles. The molecule has 0 aromatic rings. The molecule has 0 aromatic carbocycles. The lowest BCUT2D eigenvalue weighted by Gasteiger charge is -2.49. The van der Waals surface area contributed by atoms with Gasteiger partial charge in [-0.3, -0.25) is 9.59 Å². The zero-order chi connectivity index (χ0) is 22.6. The zero-order valence-electron chi connectivity index (χ0n) is 19.6. The molecule has 5 rings (SSSR count). The van der Waals surface area contributed by atoms with Gasteiger partial charge in [-0.1, -0.05) is 26.2 Å². The average Bonchev–Trinajstić information content (AvgIpc) is 3.13. The summed E-state index contributed by atoms with van der Waals surface area (Å²) >= 11 is 6.73. The Balaban J connectivity index is 1.38. The maximum absolute atomic E-state index is 14.0. The van der Waals surface area contributed by atoms with Gasteiger partial charge in [0.25, 0.3) is 0 Å². The molecule has 5 fully saturated rings. The molecule has 5 aliphatic rings. The van der Waals surface area contributed by atoms with Gasteiger partial charge in [0, 0.05) is 44.6 Å².